The van der Waals surface area contributed by atoms with Crippen LogP contribution >= 0.6 is 10.7 Å². The topological polar surface area (TPSA) is 104 Å². The van der Waals surface area contributed by atoms with Crippen LogP contribution < -0.4 is 5.32 Å². The molecule has 0 aliphatic carbocycles. The molecule has 1 aliphatic rings. The number of nitrogens with one attached hydrogen (secondary N) is 1. The summed E-state index contributed by atoms with van der Waals surface area (Å²) in [4.78, 5) is 36.7. The van der Waals surface area contributed by atoms with E-state index >= 15 is 0 Å². The van der Waals surface area contributed by atoms with Crippen molar-refractivity contribution in [3.8, 4) is 0 Å². The van der Waals surface area contributed by atoms with Crippen molar-refractivity contribution in [1.82, 2.24) is 10.2 Å². The highest BCUT2D eigenvalue weighted by molar-refractivity contribution is 8.08. The molecular formula is C16H17ClN2O5S. The summed E-state index contributed by atoms with van der Waals surface area (Å²) in [5.74, 6) is -2.41. The average molecular weight is 385 g/mol. The fourth-order valence-electron chi connectivity index (χ4n) is 2.66. The van der Waals surface area contributed by atoms with Crippen molar-refractivity contribution in [1.29, 1.82) is 0 Å². The molecule has 0 bridgehead atoms. The fourth-order valence-corrected chi connectivity index (χ4v) is 4.03. The van der Waals surface area contributed by atoms with Crippen LogP contribution in [0.15, 0.2) is 42.5 Å². The highest BCUT2D eigenvalue weighted by atomic mass is 35.7. The van der Waals surface area contributed by atoms with Gasteiger partial charge in [0.15, 0.2) is 11.4 Å². The lowest BCUT2D eigenvalue weighted by Gasteiger charge is -2.47. The highest BCUT2D eigenvalue weighted by Crippen LogP contribution is 2.30. The SMILES string of the molecule is C=C(C)C(C(=O)O)N1C(=O)C(NC(=O)Cc2ccccc2)C1S(=O)Cl. The third-order valence-electron chi connectivity index (χ3n) is 3.77. The lowest BCUT2D eigenvalue weighted by molar-refractivity contribution is -0.160. The molecule has 4 atom stereocenters. The molecule has 2 N–H and O–H groups in total. The van der Waals surface area contributed by atoms with Gasteiger partial charge in [-0.3, -0.25) is 9.59 Å². The Balaban J connectivity index is 2.12. The minimum absolute atomic E-state index is 0.0368. The second-order valence-corrected chi connectivity index (χ2v) is 7.57. The number of carbonyl (C=O) groups is 3. The van der Waals surface area contributed by atoms with Gasteiger partial charge >= 0.3 is 5.97 Å². The maximum atomic E-state index is 12.3. The van der Waals surface area contributed by atoms with Gasteiger partial charge in [0.2, 0.25) is 11.8 Å². The van der Waals surface area contributed by atoms with E-state index in [1.54, 1.807) is 24.3 Å². The van der Waals surface area contributed by atoms with Crippen LogP contribution in [0.3, 0.4) is 0 Å². The third-order valence-corrected chi connectivity index (χ3v) is 5.20. The Labute approximate surface area is 151 Å². The molecule has 1 fully saturated rings. The van der Waals surface area contributed by atoms with E-state index in [-0.39, 0.29) is 12.0 Å². The van der Waals surface area contributed by atoms with Crippen LogP contribution in [0.2, 0.25) is 0 Å². The molecule has 134 valence electrons. The van der Waals surface area contributed by atoms with Crippen molar-refractivity contribution in [3.63, 3.8) is 0 Å². The summed E-state index contributed by atoms with van der Waals surface area (Å²) in [7, 11) is 3.57. The molecule has 2 amide bonds. The first-order valence-corrected chi connectivity index (χ1v) is 9.38. The monoisotopic (exact) mass is 384 g/mol. The van der Waals surface area contributed by atoms with Crippen LogP contribution in [0.25, 0.3) is 0 Å². The van der Waals surface area contributed by atoms with E-state index in [1.165, 1.54) is 6.92 Å². The van der Waals surface area contributed by atoms with Crippen molar-refractivity contribution in [2.75, 3.05) is 0 Å². The van der Waals surface area contributed by atoms with Gasteiger partial charge in [-0.1, -0.05) is 36.9 Å². The van der Waals surface area contributed by atoms with Gasteiger partial charge in [-0.05, 0) is 28.7 Å². The molecule has 25 heavy (non-hydrogen) atoms. The number of hydrogen-bond donors (Lipinski definition) is 2. The van der Waals surface area contributed by atoms with Gasteiger partial charge in [-0.2, -0.15) is 0 Å². The molecule has 0 radical (unpaired) electrons. The van der Waals surface area contributed by atoms with E-state index in [0.717, 1.165) is 10.5 Å². The van der Waals surface area contributed by atoms with Gasteiger partial charge in [0.05, 0.1) is 6.42 Å². The van der Waals surface area contributed by atoms with Gasteiger partial charge in [0.25, 0.3) is 0 Å². The molecule has 1 aromatic rings. The van der Waals surface area contributed by atoms with E-state index in [0.29, 0.717) is 0 Å². The minimum atomic E-state index is -2.06. The van der Waals surface area contributed by atoms with Gasteiger partial charge in [-0.25, -0.2) is 9.00 Å². The molecule has 2 rings (SSSR count). The van der Waals surface area contributed by atoms with Crippen LogP contribution in [-0.4, -0.2) is 49.5 Å². The number of likely N-dealkylation sites (tertiary alicyclic amines) is 1. The van der Waals surface area contributed by atoms with Crippen LogP contribution in [0.4, 0.5) is 0 Å². The molecular weight excluding hydrogens is 368 g/mol. The van der Waals surface area contributed by atoms with Crippen molar-refractivity contribution in [2.45, 2.75) is 30.8 Å². The summed E-state index contributed by atoms with van der Waals surface area (Å²) in [6.07, 6.45) is 0.0368. The summed E-state index contributed by atoms with van der Waals surface area (Å²) in [6, 6.07) is 6.41. The zero-order valence-electron chi connectivity index (χ0n) is 13.3. The van der Waals surface area contributed by atoms with Crippen LogP contribution in [0, 0.1) is 0 Å². The summed E-state index contributed by atoms with van der Waals surface area (Å²) in [6.45, 7) is 4.99. The van der Waals surface area contributed by atoms with Crippen molar-refractivity contribution in [2.24, 2.45) is 0 Å². The predicted molar refractivity (Wildman–Crippen MR) is 92.9 cm³/mol. The summed E-state index contributed by atoms with van der Waals surface area (Å²) >= 11 is 0. The van der Waals surface area contributed by atoms with Gasteiger partial charge in [-0.15, -0.1) is 0 Å². The minimum Gasteiger partial charge on any atom is -0.479 e. The molecule has 0 saturated carbocycles. The Morgan fingerprint density at radius 2 is 2.00 bits per heavy atom. The number of nitrogens with zero attached hydrogens (tertiary/aromatic N) is 1. The Morgan fingerprint density at radius 3 is 2.48 bits per heavy atom. The lowest BCUT2D eigenvalue weighted by Crippen LogP contribution is -2.74. The van der Waals surface area contributed by atoms with Crippen molar-refractivity contribution in [3.05, 3.63) is 48.0 Å². The molecule has 7 nitrogen and oxygen atoms in total. The van der Waals surface area contributed by atoms with Crippen LogP contribution in [0.5, 0.6) is 0 Å². The number of benzene rings is 1. The van der Waals surface area contributed by atoms with E-state index < -0.39 is 45.3 Å². The normalized spacial score (nSPS) is 21.8. The second-order valence-electron chi connectivity index (χ2n) is 5.68. The van der Waals surface area contributed by atoms with Gasteiger partial charge in [0, 0.05) is 0 Å². The first kappa shape index (κ1) is 19.1. The maximum absolute atomic E-state index is 12.3. The number of amides is 2. The van der Waals surface area contributed by atoms with Crippen molar-refractivity contribution >= 4 is 38.5 Å². The number of carbonyl (C=O) groups excluding carboxylic acids is 2. The average Bonchev–Trinajstić information content (AvgIpc) is 2.52. The molecule has 1 aromatic carbocycles. The highest BCUT2D eigenvalue weighted by Gasteiger charge is 2.55. The first-order valence-electron chi connectivity index (χ1n) is 7.34. The maximum Gasteiger partial charge on any atom is 0.330 e. The van der Waals surface area contributed by atoms with E-state index in [9.17, 15) is 23.7 Å². The standard InChI is InChI=1S/C16H17ClN2O5S/c1-9(2)13(16(22)23)19-14(21)12(15(19)25(17)24)18-11(20)8-10-6-4-3-5-7-10/h3-7,12-13,15H,1,8H2,2H3,(H,18,20)(H,22,23). The zero-order valence-corrected chi connectivity index (χ0v) is 14.9. The molecule has 1 saturated heterocycles. The number of hydrogen-bond acceptors (Lipinski definition) is 4. The quantitative estimate of drug-likeness (QED) is 0.411. The van der Waals surface area contributed by atoms with Gasteiger partial charge < -0.3 is 15.3 Å². The number of β-lactam (4-membered cyclic amide) rings is 1. The van der Waals surface area contributed by atoms with Crippen molar-refractivity contribution < 1.29 is 23.7 Å². The third kappa shape index (κ3) is 4.08. The Morgan fingerprint density at radius 1 is 1.40 bits per heavy atom. The largest absolute Gasteiger partial charge is 0.479 e. The van der Waals surface area contributed by atoms with E-state index in [4.69, 9.17) is 10.7 Å². The van der Waals surface area contributed by atoms with E-state index in [2.05, 4.69) is 11.9 Å². The fraction of sp³-hybridized carbons (Fsp3) is 0.312. The number of carboxylic acid groups (broad SMARTS) is 1. The summed E-state index contributed by atoms with van der Waals surface area (Å²) < 4.78 is 11.8. The molecule has 0 spiro atoms. The Bertz CT molecular complexity index is 725. The van der Waals surface area contributed by atoms with Crippen LogP contribution in [-0.2, 0) is 30.8 Å². The molecule has 9 heteroatoms. The molecule has 0 aromatic heterocycles. The molecule has 1 aliphatic heterocycles. The predicted octanol–water partition coefficient (Wildman–Crippen LogP) is 0.814. The van der Waals surface area contributed by atoms with Crippen LogP contribution in [0.1, 0.15) is 12.5 Å². The summed E-state index contributed by atoms with van der Waals surface area (Å²) in [5, 5.41) is 10.6. The second kappa shape index (κ2) is 7.79. The number of carboxylic acids is 1. The smallest absolute Gasteiger partial charge is 0.330 e. The number of rotatable bonds is 7. The van der Waals surface area contributed by atoms with Gasteiger partial charge in [0.1, 0.15) is 16.1 Å². The number of aliphatic carboxylic acids is 1. The Kier molecular flexibility index (Phi) is 5.97. The summed E-state index contributed by atoms with van der Waals surface area (Å²) in [5.41, 5.74) is 0.944. The van der Waals surface area contributed by atoms with E-state index in [1.807, 2.05) is 6.07 Å². The zero-order chi connectivity index (χ0) is 18.7. The Hall–Kier alpha value is -2.19. The first-order chi connectivity index (χ1) is 11.7. The molecule has 4 unspecified atom stereocenters. The number of halogens is 1. The molecule has 1 heterocycles. The lowest BCUT2D eigenvalue weighted by atomic mass is 9.99.